The smallest absolute Gasteiger partial charge is 0.276 e. The van der Waals surface area contributed by atoms with E-state index < -0.39 is 5.91 Å². The molecule has 1 aliphatic carbocycles. The number of hydrogen-bond donors (Lipinski definition) is 2. The lowest BCUT2D eigenvalue weighted by Crippen LogP contribution is -2.21. The Kier molecular flexibility index (Phi) is 6.81. The van der Waals surface area contributed by atoms with Crippen LogP contribution in [0.5, 0.6) is 0 Å². The summed E-state index contributed by atoms with van der Waals surface area (Å²) in [6, 6.07) is 4.88. The summed E-state index contributed by atoms with van der Waals surface area (Å²) < 4.78 is 1.41. The molecule has 1 atom stereocenters. The maximum absolute atomic E-state index is 13.4. The molecule has 2 N–H and O–H groups in total. The first-order valence-corrected chi connectivity index (χ1v) is 12.1. The summed E-state index contributed by atoms with van der Waals surface area (Å²) in [6.45, 7) is 2.17. The second-order valence-electron chi connectivity index (χ2n) is 7.72. The van der Waals surface area contributed by atoms with Crippen LogP contribution in [0.25, 0.3) is 0 Å². The standard InChI is InChI=1S/C22H21Cl3N4O2S/c1-3-11-4-6-13-17(8-11)32-22(28-21(31)19-15(25)10-26-29(19)2)18(13)20(30)27-16-7-5-12(23)9-14(16)24/h5,7,9-11H,3-4,6,8H2,1-2H3,(H,27,30)(H,28,31). The van der Waals surface area contributed by atoms with Crippen molar-refractivity contribution in [2.45, 2.75) is 32.6 Å². The maximum atomic E-state index is 13.4. The molecule has 2 amide bonds. The Hall–Kier alpha value is -2.06. The van der Waals surface area contributed by atoms with E-state index in [1.165, 1.54) is 22.2 Å². The number of benzene rings is 1. The zero-order chi connectivity index (χ0) is 23.0. The summed E-state index contributed by atoms with van der Waals surface area (Å²) in [5.74, 6) is -0.176. The highest BCUT2D eigenvalue weighted by molar-refractivity contribution is 7.17. The van der Waals surface area contributed by atoms with Gasteiger partial charge in [-0.1, -0.05) is 48.1 Å². The average Bonchev–Trinajstić information content (AvgIpc) is 3.28. The van der Waals surface area contributed by atoms with Gasteiger partial charge in [-0.15, -0.1) is 11.3 Å². The molecule has 3 aromatic rings. The monoisotopic (exact) mass is 510 g/mol. The van der Waals surface area contributed by atoms with Crippen molar-refractivity contribution < 1.29 is 9.59 Å². The molecule has 2 aromatic heterocycles. The van der Waals surface area contributed by atoms with Crippen molar-refractivity contribution in [3.8, 4) is 0 Å². The van der Waals surface area contributed by atoms with Gasteiger partial charge in [0.1, 0.15) is 10.7 Å². The van der Waals surface area contributed by atoms with Crippen molar-refractivity contribution in [3.05, 3.63) is 61.2 Å². The fourth-order valence-corrected chi connectivity index (χ4v) is 6.00. The fraction of sp³-hybridized carbons (Fsp3) is 0.318. The van der Waals surface area contributed by atoms with Gasteiger partial charge in [0.05, 0.1) is 27.5 Å². The second-order valence-corrected chi connectivity index (χ2v) is 10.1. The predicted molar refractivity (Wildman–Crippen MR) is 131 cm³/mol. The summed E-state index contributed by atoms with van der Waals surface area (Å²) in [5, 5.41) is 11.3. The number of thiophene rings is 1. The van der Waals surface area contributed by atoms with E-state index in [1.54, 1.807) is 25.2 Å². The van der Waals surface area contributed by atoms with Gasteiger partial charge in [-0.2, -0.15) is 5.10 Å². The van der Waals surface area contributed by atoms with Gasteiger partial charge in [0.15, 0.2) is 0 Å². The molecule has 0 radical (unpaired) electrons. The molecule has 0 spiro atoms. The van der Waals surface area contributed by atoms with E-state index in [0.717, 1.165) is 36.1 Å². The van der Waals surface area contributed by atoms with Crippen LogP contribution >= 0.6 is 46.1 Å². The topological polar surface area (TPSA) is 76.0 Å². The zero-order valence-corrected chi connectivity index (χ0v) is 20.6. The van der Waals surface area contributed by atoms with Gasteiger partial charge < -0.3 is 10.6 Å². The van der Waals surface area contributed by atoms with Gasteiger partial charge in [-0.3, -0.25) is 14.3 Å². The summed E-state index contributed by atoms with van der Waals surface area (Å²) >= 11 is 19.8. The van der Waals surface area contributed by atoms with Crippen LogP contribution in [0.4, 0.5) is 10.7 Å². The summed E-state index contributed by atoms with van der Waals surface area (Å²) in [7, 11) is 1.64. The van der Waals surface area contributed by atoms with E-state index in [4.69, 9.17) is 34.8 Å². The minimum Gasteiger partial charge on any atom is -0.321 e. The fourth-order valence-electron chi connectivity index (χ4n) is 3.94. The molecule has 10 heteroatoms. The Labute approximate surface area is 204 Å². The van der Waals surface area contributed by atoms with Gasteiger partial charge in [0.25, 0.3) is 11.8 Å². The molecule has 0 fully saturated rings. The second kappa shape index (κ2) is 9.43. The minimum absolute atomic E-state index is 0.233. The molecule has 0 saturated heterocycles. The first kappa shape index (κ1) is 23.1. The molecular formula is C22H21Cl3N4O2S. The van der Waals surface area contributed by atoms with Crippen molar-refractivity contribution in [2.24, 2.45) is 13.0 Å². The van der Waals surface area contributed by atoms with E-state index in [1.807, 2.05) is 0 Å². The number of nitrogens with zero attached hydrogens (tertiary/aromatic N) is 2. The van der Waals surface area contributed by atoms with Crippen LogP contribution < -0.4 is 10.6 Å². The molecule has 2 heterocycles. The number of halogens is 3. The SMILES string of the molecule is CCC1CCc2c(sc(NC(=O)c3c(Cl)cnn3C)c2C(=O)Nc2ccc(Cl)cc2Cl)C1. The van der Waals surface area contributed by atoms with E-state index in [-0.39, 0.29) is 16.6 Å². The van der Waals surface area contributed by atoms with E-state index >= 15 is 0 Å². The largest absolute Gasteiger partial charge is 0.321 e. The Morgan fingerprint density at radius 1 is 1.19 bits per heavy atom. The number of fused-ring (bicyclic) bond motifs is 1. The van der Waals surface area contributed by atoms with Crippen molar-refractivity contribution in [1.82, 2.24) is 9.78 Å². The third kappa shape index (κ3) is 4.53. The minimum atomic E-state index is -0.417. The van der Waals surface area contributed by atoms with Gasteiger partial charge in [0, 0.05) is 16.9 Å². The van der Waals surface area contributed by atoms with Gasteiger partial charge in [-0.05, 0) is 48.9 Å². The molecule has 1 aliphatic rings. The third-order valence-electron chi connectivity index (χ3n) is 5.69. The molecule has 4 rings (SSSR count). The number of anilines is 2. The molecule has 6 nitrogen and oxygen atoms in total. The lowest BCUT2D eigenvalue weighted by atomic mass is 9.85. The van der Waals surface area contributed by atoms with Gasteiger partial charge in [-0.25, -0.2) is 0 Å². The third-order valence-corrected chi connectivity index (χ3v) is 7.68. The summed E-state index contributed by atoms with van der Waals surface area (Å²) in [4.78, 5) is 27.5. The normalized spacial score (nSPS) is 15.3. The van der Waals surface area contributed by atoms with Crippen molar-refractivity contribution in [1.29, 1.82) is 0 Å². The van der Waals surface area contributed by atoms with Gasteiger partial charge >= 0.3 is 0 Å². The van der Waals surface area contributed by atoms with Gasteiger partial charge in [0.2, 0.25) is 0 Å². The Bertz CT molecular complexity index is 1180. The molecular weight excluding hydrogens is 491 g/mol. The van der Waals surface area contributed by atoms with E-state index in [2.05, 4.69) is 22.7 Å². The van der Waals surface area contributed by atoms with Crippen molar-refractivity contribution >= 4 is 68.6 Å². The first-order chi connectivity index (χ1) is 15.3. The molecule has 32 heavy (non-hydrogen) atoms. The van der Waals surface area contributed by atoms with E-state index in [0.29, 0.717) is 32.2 Å². The van der Waals surface area contributed by atoms with Crippen LogP contribution in [0.15, 0.2) is 24.4 Å². The molecule has 1 unspecified atom stereocenters. The number of aryl methyl sites for hydroxylation is 1. The molecule has 1 aromatic carbocycles. The van der Waals surface area contributed by atoms with Crippen LogP contribution in [-0.4, -0.2) is 21.6 Å². The number of hydrogen-bond acceptors (Lipinski definition) is 4. The van der Waals surface area contributed by atoms with Crippen molar-refractivity contribution in [2.75, 3.05) is 10.6 Å². The predicted octanol–water partition coefficient (Wildman–Crippen LogP) is 6.46. The van der Waals surface area contributed by atoms with E-state index in [9.17, 15) is 9.59 Å². The highest BCUT2D eigenvalue weighted by atomic mass is 35.5. The zero-order valence-electron chi connectivity index (χ0n) is 17.5. The highest BCUT2D eigenvalue weighted by Crippen LogP contribution is 2.41. The number of carbonyl (C=O) groups is 2. The van der Waals surface area contributed by atoms with Crippen molar-refractivity contribution in [3.63, 3.8) is 0 Å². The molecule has 0 saturated carbocycles. The van der Waals surface area contributed by atoms with Crippen LogP contribution in [0.3, 0.4) is 0 Å². The molecule has 0 bridgehead atoms. The Balaban J connectivity index is 1.70. The maximum Gasteiger partial charge on any atom is 0.276 e. The number of rotatable bonds is 5. The van der Waals surface area contributed by atoms with Crippen LogP contribution in [-0.2, 0) is 19.9 Å². The Morgan fingerprint density at radius 2 is 1.97 bits per heavy atom. The lowest BCUT2D eigenvalue weighted by molar-refractivity contribution is 0.101. The Morgan fingerprint density at radius 3 is 2.62 bits per heavy atom. The quantitative estimate of drug-likeness (QED) is 0.413. The number of aromatic nitrogens is 2. The van der Waals surface area contributed by atoms with Crippen LogP contribution in [0, 0.1) is 5.92 Å². The van der Waals surface area contributed by atoms with Crippen LogP contribution in [0.1, 0.15) is 51.1 Å². The highest BCUT2D eigenvalue weighted by Gasteiger charge is 2.30. The average molecular weight is 512 g/mol. The van der Waals surface area contributed by atoms with Crippen LogP contribution in [0.2, 0.25) is 15.1 Å². The summed E-state index contributed by atoms with van der Waals surface area (Å²) in [5.41, 5.74) is 2.14. The number of carbonyl (C=O) groups excluding carboxylic acids is 2. The lowest BCUT2D eigenvalue weighted by Gasteiger charge is -2.21. The first-order valence-electron chi connectivity index (χ1n) is 10.2. The molecule has 0 aliphatic heterocycles. The summed E-state index contributed by atoms with van der Waals surface area (Å²) in [6.07, 6.45) is 5.16. The molecule has 168 valence electrons. The number of amides is 2. The number of nitrogens with one attached hydrogen (secondary N) is 2.